The third kappa shape index (κ3) is 3.98. The van der Waals surface area contributed by atoms with Crippen molar-refractivity contribution in [2.45, 2.75) is 25.3 Å². The van der Waals surface area contributed by atoms with Gasteiger partial charge in [-0.05, 0) is 45.0 Å². The molecule has 0 amide bonds. The van der Waals surface area contributed by atoms with Gasteiger partial charge >= 0.3 is 0 Å². The lowest BCUT2D eigenvalue weighted by molar-refractivity contribution is 0.611. The van der Waals surface area contributed by atoms with E-state index in [4.69, 9.17) is 9.98 Å². The highest BCUT2D eigenvalue weighted by Crippen LogP contribution is 2.52. The molecule has 0 fully saturated rings. The van der Waals surface area contributed by atoms with Gasteiger partial charge in [0.25, 0.3) is 0 Å². The van der Waals surface area contributed by atoms with Crippen molar-refractivity contribution in [3.63, 3.8) is 0 Å². The summed E-state index contributed by atoms with van der Waals surface area (Å²) in [5, 5.41) is 1.22. The molecule has 5 aromatic carbocycles. The van der Waals surface area contributed by atoms with Gasteiger partial charge < -0.3 is 0 Å². The number of benzene rings is 5. The van der Waals surface area contributed by atoms with E-state index in [1.54, 1.807) is 0 Å². The largest absolute Gasteiger partial charge is 0.281 e. The van der Waals surface area contributed by atoms with Gasteiger partial charge in [-0.15, -0.1) is 0 Å². The second-order valence-electron chi connectivity index (χ2n) is 12.9. The van der Waals surface area contributed by atoms with Gasteiger partial charge in [0.2, 0.25) is 5.96 Å². The summed E-state index contributed by atoms with van der Waals surface area (Å²) in [6.07, 6.45) is 8.72. The molecule has 6 aromatic rings. The van der Waals surface area contributed by atoms with Crippen molar-refractivity contribution in [3.8, 4) is 33.4 Å². The number of aromatic nitrogens is 1. The van der Waals surface area contributed by atoms with Crippen LogP contribution in [0, 0.1) is 5.92 Å². The van der Waals surface area contributed by atoms with Crippen molar-refractivity contribution in [1.82, 2.24) is 4.57 Å². The first-order valence-electron chi connectivity index (χ1n) is 16.1. The van der Waals surface area contributed by atoms with Gasteiger partial charge in [-0.2, -0.15) is 0 Å². The molecule has 9 rings (SSSR count). The van der Waals surface area contributed by atoms with Gasteiger partial charge in [0, 0.05) is 28.0 Å². The Bertz CT molecular complexity index is 2280. The maximum absolute atomic E-state index is 5.49. The zero-order valence-corrected chi connectivity index (χ0v) is 25.9. The average molecular weight is 592 g/mol. The quantitative estimate of drug-likeness (QED) is 0.192. The summed E-state index contributed by atoms with van der Waals surface area (Å²) in [6.45, 7) is 4.71. The standard InChI is InChI=1S/C43H33N3/c1-43(2)36-21-11-8-17-32(36)31-16-6-7-18-33(31)39-35-20-10-13-23-38(35)46(41(39)43)42-44-37-22-12-9-19-34(37)40(45-42)30-26-24-29(25-27-30)28-14-4-3-5-15-28/h3-27,34,37H,1-2H3. The van der Waals surface area contributed by atoms with E-state index in [0.717, 1.165) is 22.8 Å². The van der Waals surface area contributed by atoms with E-state index in [1.165, 1.54) is 50.0 Å². The summed E-state index contributed by atoms with van der Waals surface area (Å²) < 4.78 is 2.37. The smallest absolute Gasteiger partial charge is 0.230 e. The minimum Gasteiger partial charge on any atom is -0.281 e. The zero-order valence-electron chi connectivity index (χ0n) is 25.9. The van der Waals surface area contributed by atoms with Crippen molar-refractivity contribution in [2.75, 3.05) is 0 Å². The Hall–Kier alpha value is -5.54. The van der Waals surface area contributed by atoms with E-state index in [2.05, 4.69) is 170 Å². The van der Waals surface area contributed by atoms with Crippen LogP contribution in [-0.2, 0) is 5.41 Å². The first-order valence-corrected chi connectivity index (χ1v) is 16.1. The monoisotopic (exact) mass is 591 g/mol. The molecule has 2 atom stereocenters. The lowest BCUT2D eigenvalue weighted by Gasteiger charge is -2.32. The van der Waals surface area contributed by atoms with E-state index in [1.807, 2.05) is 0 Å². The predicted octanol–water partition coefficient (Wildman–Crippen LogP) is 10.1. The number of para-hydroxylation sites is 1. The second kappa shape index (κ2) is 10.3. The fourth-order valence-electron chi connectivity index (χ4n) is 7.78. The minimum atomic E-state index is -0.335. The number of rotatable bonds is 2. The van der Waals surface area contributed by atoms with Crippen LogP contribution in [0.1, 0.15) is 30.7 Å². The summed E-state index contributed by atoms with van der Waals surface area (Å²) in [7, 11) is 0. The second-order valence-corrected chi connectivity index (χ2v) is 12.9. The molecule has 46 heavy (non-hydrogen) atoms. The van der Waals surface area contributed by atoms with Crippen LogP contribution in [0.5, 0.6) is 0 Å². The summed E-state index contributed by atoms with van der Waals surface area (Å²) in [4.78, 5) is 10.9. The number of allylic oxidation sites excluding steroid dienone is 2. The lowest BCUT2D eigenvalue weighted by atomic mass is 9.78. The Morgan fingerprint density at radius 3 is 2.04 bits per heavy atom. The Balaban J connectivity index is 1.30. The van der Waals surface area contributed by atoms with Crippen molar-refractivity contribution in [3.05, 3.63) is 169 Å². The first-order chi connectivity index (χ1) is 22.6. The molecule has 3 nitrogen and oxygen atoms in total. The van der Waals surface area contributed by atoms with Crippen molar-refractivity contribution < 1.29 is 0 Å². The van der Waals surface area contributed by atoms with Gasteiger partial charge in [0.15, 0.2) is 0 Å². The number of hydrogen-bond acceptors (Lipinski definition) is 2. The number of fused-ring (bicyclic) bond motifs is 8. The van der Waals surface area contributed by atoms with Gasteiger partial charge in [-0.3, -0.25) is 4.57 Å². The highest BCUT2D eigenvalue weighted by molar-refractivity contribution is 6.15. The van der Waals surface area contributed by atoms with Crippen molar-refractivity contribution in [2.24, 2.45) is 15.9 Å². The van der Waals surface area contributed by atoms with Crippen LogP contribution in [-0.4, -0.2) is 22.3 Å². The van der Waals surface area contributed by atoms with E-state index >= 15 is 0 Å². The molecule has 0 saturated carbocycles. The van der Waals surface area contributed by atoms with E-state index < -0.39 is 0 Å². The topological polar surface area (TPSA) is 29.6 Å². The third-order valence-corrected chi connectivity index (χ3v) is 9.95. The van der Waals surface area contributed by atoms with Gasteiger partial charge in [-0.25, -0.2) is 9.98 Å². The summed E-state index contributed by atoms with van der Waals surface area (Å²) in [5.74, 6) is 0.817. The molecule has 0 bridgehead atoms. The van der Waals surface area contributed by atoms with Crippen LogP contribution in [0.4, 0.5) is 0 Å². The van der Waals surface area contributed by atoms with Gasteiger partial charge in [-0.1, -0.05) is 159 Å². The van der Waals surface area contributed by atoms with Crippen LogP contribution >= 0.6 is 0 Å². The zero-order chi connectivity index (χ0) is 30.8. The van der Waals surface area contributed by atoms with Crippen molar-refractivity contribution in [1.29, 1.82) is 0 Å². The van der Waals surface area contributed by atoms with Crippen molar-refractivity contribution >= 4 is 22.6 Å². The molecule has 2 aliphatic carbocycles. The van der Waals surface area contributed by atoms with Crippen LogP contribution in [0.2, 0.25) is 0 Å². The fraction of sp³-hybridized carbons (Fsp3) is 0.116. The van der Waals surface area contributed by atoms with Gasteiger partial charge in [0.1, 0.15) is 0 Å². The van der Waals surface area contributed by atoms with Crippen LogP contribution in [0.25, 0.3) is 44.3 Å². The Morgan fingerprint density at radius 1 is 0.587 bits per heavy atom. The number of aliphatic imine (C=N–C) groups is 2. The molecular formula is C43H33N3. The van der Waals surface area contributed by atoms with E-state index in [-0.39, 0.29) is 17.4 Å². The average Bonchev–Trinajstić information content (AvgIpc) is 3.44. The van der Waals surface area contributed by atoms with Crippen LogP contribution in [0.3, 0.4) is 0 Å². The van der Waals surface area contributed by atoms with Crippen LogP contribution in [0.15, 0.2) is 162 Å². The summed E-state index contributed by atoms with van der Waals surface area (Å²) >= 11 is 0. The SMILES string of the molecule is CC1(C)c2ccccc2-c2ccccc2-c2c1n(C1=NC3C=CC=CC3C(c3ccc(-c4ccccc4)cc3)=N1)c1ccccc21. The molecular weight excluding hydrogens is 558 g/mol. The third-order valence-electron chi connectivity index (χ3n) is 9.95. The minimum absolute atomic E-state index is 0.0356. The molecule has 0 N–H and O–H groups in total. The number of hydrogen-bond donors (Lipinski definition) is 0. The molecule has 0 spiro atoms. The Morgan fingerprint density at radius 2 is 1.22 bits per heavy atom. The molecule has 2 heterocycles. The molecule has 1 aromatic heterocycles. The predicted molar refractivity (Wildman–Crippen MR) is 192 cm³/mol. The van der Waals surface area contributed by atoms with E-state index in [0.29, 0.717) is 0 Å². The highest BCUT2D eigenvalue weighted by Gasteiger charge is 2.40. The normalized spacial score (nSPS) is 18.9. The molecule has 2 unspecified atom stereocenters. The molecule has 0 saturated heterocycles. The number of nitrogens with zero attached hydrogens (tertiary/aromatic N) is 3. The Kier molecular flexibility index (Phi) is 5.98. The summed E-state index contributed by atoms with van der Waals surface area (Å²) in [6, 6.07) is 45.9. The Labute approximate surface area is 269 Å². The first kappa shape index (κ1) is 26.8. The van der Waals surface area contributed by atoms with E-state index in [9.17, 15) is 0 Å². The maximum atomic E-state index is 5.49. The maximum Gasteiger partial charge on any atom is 0.230 e. The lowest BCUT2D eigenvalue weighted by Crippen LogP contribution is -2.35. The van der Waals surface area contributed by atoms with Gasteiger partial charge in [0.05, 0.1) is 17.3 Å². The fourth-order valence-corrected chi connectivity index (χ4v) is 7.78. The summed E-state index contributed by atoms with van der Waals surface area (Å²) in [5.41, 5.74) is 13.0. The molecule has 3 aliphatic rings. The molecule has 0 radical (unpaired) electrons. The van der Waals surface area contributed by atoms with Crippen LogP contribution < -0.4 is 0 Å². The molecule has 220 valence electrons. The molecule has 1 aliphatic heterocycles. The molecule has 3 heteroatoms. The highest BCUT2D eigenvalue weighted by atomic mass is 15.2.